The summed E-state index contributed by atoms with van der Waals surface area (Å²) in [5, 5.41) is 21.5. The molecule has 6 nitrogen and oxygen atoms in total. The van der Waals surface area contributed by atoms with E-state index in [0.29, 0.717) is 17.6 Å². The van der Waals surface area contributed by atoms with Crippen LogP contribution in [0.25, 0.3) is 11.1 Å². The van der Waals surface area contributed by atoms with E-state index in [1.807, 2.05) is 32.9 Å². The summed E-state index contributed by atoms with van der Waals surface area (Å²) in [6.07, 6.45) is 0. The lowest BCUT2D eigenvalue weighted by Crippen LogP contribution is -2.28. The second-order valence-corrected chi connectivity index (χ2v) is 4.16. The molecule has 6 heteroatoms. The van der Waals surface area contributed by atoms with Crippen LogP contribution in [0.1, 0.15) is 20.8 Å². The second kappa shape index (κ2) is 5.69. The van der Waals surface area contributed by atoms with Gasteiger partial charge in [0.2, 0.25) is 0 Å². The van der Waals surface area contributed by atoms with Crippen molar-refractivity contribution in [1.29, 1.82) is 0 Å². The van der Waals surface area contributed by atoms with Crippen molar-refractivity contribution < 1.29 is 9.15 Å². The van der Waals surface area contributed by atoms with Gasteiger partial charge in [-0.1, -0.05) is 0 Å². The van der Waals surface area contributed by atoms with Crippen LogP contribution in [0.2, 0.25) is 0 Å². The molecule has 3 N–H and O–H groups in total. The Bertz CT molecular complexity index is 565. The predicted octanol–water partition coefficient (Wildman–Crippen LogP) is 2.36. The zero-order valence-corrected chi connectivity index (χ0v) is 11.5. The van der Waals surface area contributed by atoms with Gasteiger partial charge in [-0.25, -0.2) is 5.32 Å². The molecule has 1 aromatic carbocycles. The third-order valence-corrected chi connectivity index (χ3v) is 2.77. The number of rotatable bonds is 6. The highest BCUT2D eigenvalue weighted by molar-refractivity contribution is 5.85. The monoisotopic (exact) mass is 264 g/mol. The molecule has 1 aromatic heterocycles. The van der Waals surface area contributed by atoms with Crippen LogP contribution < -0.4 is 20.7 Å². The van der Waals surface area contributed by atoms with Gasteiger partial charge < -0.3 is 20.3 Å². The molecule has 0 saturated heterocycles. The van der Waals surface area contributed by atoms with Crippen molar-refractivity contribution in [2.45, 2.75) is 20.8 Å². The molecule has 0 fully saturated rings. The summed E-state index contributed by atoms with van der Waals surface area (Å²) < 4.78 is 6.32. The average Bonchev–Trinajstić information content (AvgIpc) is 2.68. The molecule has 2 rings (SSSR count). The van der Waals surface area contributed by atoms with Gasteiger partial charge in [0.1, 0.15) is 0 Å². The molecule has 0 spiro atoms. The van der Waals surface area contributed by atoms with Crippen LogP contribution in [0.15, 0.2) is 16.5 Å². The lowest BCUT2D eigenvalue weighted by atomic mass is 10.2. The van der Waals surface area contributed by atoms with Gasteiger partial charge >= 0.3 is 6.01 Å². The van der Waals surface area contributed by atoms with E-state index < -0.39 is 0 Å². The number of hydrogen-bond acceptors (Lipinski definition) is 5. The first-order valence-corrected chi connectivity index (χ1v) is 6.62. The van der Waals surface area contributed by atoms with Crippen LogP contribution in [0.3, 0.4) is 0 Å². The SMILES string of the molecule is CCNc1cc2oc(NCC)[n+]([O-])c2cc1NCC. The average molecular weight is 264 g/mol. The highest BCUT2D eigenvalue weighted by Crippen LogP contribution is 2.29. The molecular formula is C13H20N4O2. The van der Waals surface area contributed by atoms with Crippen LogP contribution in [-0.4, -0.2) is 19.6 Å². The summed E-state index contributed by atoms with van der Waals surface area (Å²) in [6.45, 7) is 8.21. The van der Waals surface area contributed by atoms with Crippen LogP contribution >= 0.6 is 0 Å². The molecule has 1 heterocycles. The van der Waals surface area contributed by atoms with Crippen molar-refractivity contribution in [3.05, 3.63) is 17.3 Å². The smallest absolute Gasteiger partial charge is 0.458 e. The summed E-state index contributed by atoms with van der Waals surface area (Å²) >= 11 is 0. The van der Waals surface area contributed by atoms with Gasteiger partial charge in [0.05, 0.1) is 17.9 Å². The first-order valence-electron chi connectivity index (χ1n) is 6.62. The Balaban J connectivity index is 2.53. The summed E-state index contributed by atoms with van der Waals surface area (Å²) in [5.74, 6) is 0. The minimum absolute atomic E-state index is 0.230. The van der Waals surface area contributed by atoms with Gasteiger partial charge in [0.15, 0.2) is 11.1 Å². The first-order chi connectivity index (χ1) is 9.21. The Labute approximate surface area is 112 Å². The van der Waals surface area contributed by atoms with E-state index in [2.05, 4.69) is 16.0 Å². The highest BCUT2D eigenvalue weighted by Gasteiger charge is 2.17. The van der Waals surface area contributed by atoms with Crippen LogP contribution in [0.4, 0.5) is 17.4 Å². The van der Waals surface area contributed by atoms with E-state index in [1.165, 1.54) is 0 Å². The number of fused-ring (bicyclic) bond motifs is 1. The summed E-state index contributed by atoms with van der Waals surface area (Å²) in [5.41, 5.74) is 2.94. The standard InChI is InChI=1S/C13H20N4O2/c1-4-14-9-7-11-12(8-10(9)15-5-2)19-13(16-6-3)17(11)18/h7-8,14-16H,4-6H2,1-3H3. The van der Waals surface area contributed by atoms with Crippen LogP contribution in [0.5, 0.6) is 0 Å². The third-order valence-electron chi connectivity index (χ3n) is 2.77. The lowest BCUT2D eigenvalue weighted by molar-refractivity contribution is -0.566. The Morgan fingerprint density at radius 3 is 2.16 bits per heavy atom. The van der Waals surface area contributed by atoms with Gasteiger partial charge in [-0.2, -0.15) is 4.73 Å². The molecule has 0 atom stereocenters. The topological polar surface area (TPSA) is 76.2 Å². The minimum atomic E-state index is 0.230. The molecule has 0 saturated carbocycles. The fourth-order valence-electron chi connectivity index (χ4n) is 2.00. The molecular weight excluding hydrogens is 244 g/mol. The Morgan fingerprint density at radius 1 is 1.00 bits per heavy atom. The maximum Gasteiger partial charge on any atom is 0.458 e. The third kappa shape index (κ3) is 2.52. The number of hydrogen-bond donors (Lipinski definition) is 3. The number of nitrogens with one attached hydrogen (secondary N) is 3. The second-order valence-electron chi connectivity index (χ2n) is 4.16. The van der Waals surface area contributed by atoms with Crippen molar-refractivity contribution in [2.24, 2.45) is 0 Å². The van der Waals surface area contributed by atoms with E-state index in [9.17, 15) is 5.21 Å². The maximum atomic E-state index is 12.1. The van der Waals surface area contributed by atoms with E-state index in [4.69, 9.17) is 4.42 Å². The number of benzene rings is 1. The van der Waals surface area contributed by atoms with Gasteiger partial charge in [-0.15, -0.1) is 0 Å². The highest BCUT2D eigenvalue weighted by atomic mass is 16.5. The molecule has 0 radical (unpaired) electrons. The van der Waals surface area contributed by atoms with Crippen molar-refractivity contribution in [1.82, 2.24) is 0 Å². The molecule has 0 amide bonds. The minimum Gasteiger partial charge on any atom is -0.708 e. The first kappa shape index (κ1) is 13.3. The van der Waals surface area contributed by atoms with Crippen molar-refractivity contribution in [3.8, 4) is 0 Å². The summed E-state index contributed by atoms with van der Waals surface area (Å²) in [4.78, 5) is 0. The Hall–Kier alpha value is -2.11. The molecule has 0 unspecified atom stereocenters. The van der Waals surface area contributed by atoms with Crippen molar-refractivity contribution >= 4 is 28.5 Å². The normalized spacial score (nSPS) is 10.7. The van der Waals surface area contributed by atoms with E-state index in [0.717, 1.165) is 29.2 Å². The number of oxazole rings is 1. The number of anilines is 3. The maximum absolute atomic E-state index is 12.1. The van der Waals surface area contributed by atoms with Crippen LogP contribution in [0, 0.1) is 5.21 Å². The van der Waals surface area contributed by atoms with Gasteiger partial charge in [-0.3, -0.25) is 0 Å². The molecule has 0 aliphatic heterocycles. The zero-order chi connectivity index (χ0) is 13.8. The molecule has 0 aliphatic carbocycles. The largest absolute Gasteiger partial charge is 0.708 e. The molecule has 104 valence electrons. The van der Waals surface area contributed by atoms with Gasteiger partial charge in [-0.05, 0) is 20.8 Å². The zero-order valence-electron chi connectivity index (χ0n) is 11.5. The Kier molecular flexibility index (Phi) is 3.99. The fourth-order valence-corrected chi connectivity index (χ4v) is 2.00. The fraction of sp³-hybridized carbons (Fsp3) is 0.462. The molecule has 0 aliphatic rings. The molecule has 19 heavy (non-hydrogen) atoms. The quantitative estimate of drug-likeness (QED) is 0.551. The molecule has 2 aromatic rings. The van der Waals surface area contributed by atoms with Gasteiger partial charge in [0.25, 0.3) is 0 Å². The van der Waals surface area contributed by atoms with Gasteiger partial charge in [0, 0.05) is 25.2 Å². The van der Waals surface area contributed by atoms with E-state index in [1.54, 1.807) is 0 Å². The Morgan fingerprint density at radius 2 is 1.58 bits per heavy atom. The summed E-state index contributed by atoms with van der Waals surface area (Å²) in [7, 11) is 0. The number of nitrogens with zero attached hydrogens (tertiary/aromatic N) is 1. The van der Waals surface area contributed by atoms with Crippen LogP contribution in [-0.2, 0) is 0 Å². The summed E-state index contributed by atoms with van der Waals surface area (Å²) in [6, 6.07) is 3.90. The number of aromatic nitrogens is 1. The van der Waals surface area contributed by atoms with E-state index >= 15 is 0 Å². The van der Waals surface area contributed by atoms with Crippen molar-refractivity contribution in [3.63, 3.8) is 0 Å². The lowest BCUT2D eigenvalue weighted by Gasteiger charge is -2.11. The van der Waals surface area contributed by atoms with E-state index in [-0.39, 0.29) is 6.01 Å². The molecule has 0 bridgehead atoms. The van der Waals surface area contributed by atoms with Crippen molar-refractivity contribution in [2.75, 3.05) is 35.6 Å². The predicted molar refractivity (Wildman–Crippen MR) is 77.7 cm³/mol.